The van der Waals surface area contributed by atoms with E-state index >= 15 is 0 Å². The van der Waals surface area contributed by atoms with E-state index in [-0.39, 0.29) is 17.1 Å². The Labute approximate surface area is 175 Å². The minimum atomic E-state index is -1.21. The molecule has 0 amide bonds. The lowest BCUT2D eigenvalue weighted by molar-refractivity contribution is -0.156. The number of rotatable bonds is 8. The maximum Gasteiger partial charge on any atom is 0.349 e. The third-order valence-electron chi connectivity index (χ3n) is 4.46. The summed E-state index contributed by atoms with van der Waals surface area (Å²) in [4.78, 5) is 24.4. The molecule has 2 aromatic carbocycles. The van der Waals surface area contributed by atoms with Crippen molar-refractivity contribution in [3.05, 3.63) is 53.1 Å². The first-order valence-electron chi connectivity index (χ1n) is 9.35. The molecule has 7 heteroatoms. The second kappa shape index (κ2) is 9.35. The Morgan fingerprint density at radius 1 is 1.10 bits per heavy atom. The average molecular weight is 414 g/mol. The van der Waals surface area contributed by atoms with E-state index in [4.69, 9.17) is 14.2 Å². The largest absolute Gasteiger partial charge is 0.508 e. The Kier molecular flexibility index (Phi) is 7.10. The van der Waals surface area contributed by atoms with Crippen molar-refractivity contribution in [1.29, 1.82) is 0 Å². The number of aromatic hydroxyl groups is 2. The molecule has 0 aliphatic rings. The van der Waals surface area contributed by atoms with Crippen LogP contribution in [-0.4, -0.2) is 41.8 Å². The fourth-order valence-electron chi connectivity index (χ4n) is 2.84. The number of phenols is 2. The number of benzene rings is 2. The number of phenolic OH excluding ortho intramolecular Hbond substituents is 2. The molecule has 0 spiro atoms. The van der Waals surface area contributed by atoms with E-state index in [0.717, 1.165) is 11.6 Å². The Bertz CT molecular complexity index is 949. The standard InChI is InChI=1S/C23H26O7/c1-6-15-11-14(7-10-18(25)17-9-8-16(24)13-19(17)26)12-20(28-4)21(15)30-23(2,3)22(27)29-5/h7-13,24,26H,6H2,1-5H3/b10-7+. The van der Waals surface area contributed by atoms with Gasteiger partial charge in [-0.3, -0.25) is 4.79 Å². The van der Waals surface area contributed by atoms with Crippen molar-refractivity contribution in [2.75, 3.05) is 14.2 Å². The summed E-state index contributed by atoms with van der Waals surface area (Å²) in [5.41, 5.74) is 0.325. The molecule has 0 radical (unpaired) electrons. The lowest BCUT2D eigenvalue weighted by atomic mass is 10.0. The Hall–Kier alpha value is -3.48. The zero-order valence-electron chi connectivity index (χ0n) is 17.7. The van der Waals surface area contributed by atoms with Gasteiger partial charge in [0.05, 0.1) is 19.8 Å². The predicted molar refractivity (Wildman–Crippen MR) is 112 cm³/mol. The molecule has 0 atom stereocenters. The zero-order valence-corrected chi connectivity index (χ0v) is 17.7. The van der Waals surface area contributed by atoms with Crippen molar-refractivity contribution in [3.8, 4) is 23.0 Å². The maximum atomic E-state index is 12.4. The highest BCUT2D eigenvalue weighted by molar-refractivity contribution is 6.08. The minimum Gasteiger partial charge on any atom is -0.508 e. The van der Waals surface area contributed by atoms with Crippen LogP contribution in [0.4, 0.5) is 0 Å². The number of methoxy groups -OCH3 is 2. The average Bonchev–Trinajstić information content (AvgIpc) is 2.71. The monoisotopic (exact) mass is 414 g/mol. The van der Waals surface area contributed by atoms with Gasteiger partial charge in [0.25, 0.3) is 0 Å². The van der Waals surface area contributed by atoms with E-state index in [1.807, 2.05) is 13.0 Å². The van der Waals surface area contributed by atoms with Crippen LogP contribution in [0.5, 0.6) is 23.0 Å². The highest BCUT2D eigenvalue weighted by Gasteiger charge is 2.33. The Balaban J connectivity index is 2.37. The van der Waals surface area contributed by atoms with Crippen molar-refractivity contribution in [3.63, 3.8) is 0 Å². The predicted octanol–water partition coefficient (Wildman–Crippen LogP) is 3.90. The number of carbonyl (C=O) groups excluding carboxylic acids is 2. The van der Waals surface area contributed by atoms with Gasteiger partial charge < -0.3 is 24.4 Å². The van der Waals surface area contributed by atoms with E-state index in [1.54, 1.807) is 26.0 Å². The van der Waals surface area contributed by atoms with Crippen LogP contribution >= 0.6 is 0 Å². The zero-order chi connectivity index (χ0) is 22.5. The third kappa shape index (κ3) is 5.11. The molecule has 0 saturated carbocycles. The summed E-state index contributed by atoms with van der Waals surface area (Å²) in [5, 5.41) is 19.2. The summed E-state index contributed by atoms with van der Waals surface area (Å²) in [6.07, 6.45) is 3.50. The number of ketones is 1. The molecule has 0 bridgehead atoms. The van der Waals surface area contributed by atoms with E-state index in [0.29, 0.717) is 23.5 Å². The summed E-state index contributed by atoms with van der Waals surface area (Å²) < 4.78 is 16.2. The molecule has 2 rings (SSSR count). The first-order valence-corrected chi connectivity index (χ1v) is 9.35. The molecule has 0 saturated heterocycles. The normalized spacial score (nSPS) is 11.4. The SMILES string of the molecule is CCc1cc(/C=C/C(=O)c2ccc(O)cc2O)cc(OC)c1OC(C)(C)C(=O)OC. The second-order valence-electron chi connectivity index (χ2n) is 7.07. The summed E-state index contributed by atoms with van der Waals surface area (Å²) in [6.45, 7) is 5.14. The van der Waals surface area contributed by atoms with Crippen LogP contribution in [0, 0.1) is 0 Å². The van der Waals surface area contributed by atoms with Crippen LogP contribution in [0.2, 0.25) is 0 Å². The van der Waals surface area contributed by atoms with Gasteiger partial charge in [-0.05, 0) is 61.7 Å². The molecule has 2 aromatic rings. The van der Waals surface area contributed by atoms with Gasteiger partial charge in [0, 0.05) is 6.07 Å². The fraction of sp³-hybridized carbons (Fsp3) is 0.304. The number of hydrogen-bond acceptors (Lipinski definition) is 7. The molecule has 30 heavy (non-hydrogen) atoms. The van der Waals surface area contributed by atoms with Crippen LogP contribution in [0.15, 0.2) is 36.4 Å². The molecular weight excluding hydrogens is 388 g/mol. The van der Waals surface area contributed by atoms with Crippen LogP contribution in [0.1, 0.15) is 42.3 Å². The van der Waals surface area contributed by atoms with E-state index < -0.39 is 17.4 Å². The lowest BCUT2D eigenvalue weighted by Gasteiger charge is -2.26. The number of ether oxygens (including phenoxy) is 3. The molecule has 0 unspecified atom stereocenters. The lowest BCUT2D eigenvalue weighted by Crippen LogP contribution is -2.39. The molecule has 0 fully saturated rings. The first-order chi connectivity index (χ1) is 14.1. The molecule has 0 aliphatic carbocycles. The Morgan fingerprint density at radius 2 is 1.80 bits per heavy atom. The highest BCUT2D eigenvalue weighted by Crippen LogP contribution is 2.36. The van der Waals surface area contributed by atoms with Gasteiger partial charge in [-0.25, -0.2) is 4.79 Å². The van der Waals surface area contributed by atoms with Crippen LogP contribution in [0.3, 0.4) is 0 Å². The van der Waals surface area contributed by atoms with Gasteiger partial charge in [-0.2, -0.15) is 0 Å². The van der Waals surface area contributed by atoms with Crippen molar-refractivity contribution in [2.45, 2.75) is 32.8 Å². The quantitative estimate of drug-likeness (QED) is 0.384. The molecule has 2 N–H and O–H groups in total. The molecule has 160 valence electrons. The van der Waals surface area contributed by atoms with Gasteiger partial charge in [0.1, 0.15) is 11.5 Å². The summed E-state index contributed by atoms with van der Waals surface area (Å²) >= 11 is 0. The number of carbonyl (C=O) groups is 2. The molecule has 0 heterocycles. The van der Waals surface area contributed by atoms with E-state index in [2.05, 4.69) is 0 Å². The minimum absolute atomic E-state index is 0.0755. The number of esters is 1. The van der Waals surface area contributed by atoms with Gasteiger partial charge in [-0.15, -0.1) is 0 Å². The summed E-state index contributed by atoms with van der Waals surface area (Å²) in [6, 6.07) is 7.29. The van der Waals surface area contributed by atoms with Gasteiger partial charge in [-0.1, -0.05) is 13.0 Å². The van der Waals surface area contributed by atoms with Gasteiger partial charge >= 0.3 is 5.97 Å². The third-order valence-corrected chi connectivity index (χ3v) is 4.46. The topological polar surface area (TPSA) is 102 Å². The van der Waals surface area contributed by atoms with E-state index in [9.17, 15) is 19.8 Å². The number of allylic oxidation sites excluding steroid dienone is 1. The van der Waals surface area contributed by atoms with Crippen LogP contribution < -0.4 is 9.47 Å². The summed E-state index contributed by atoms with van der Waals surface area (Å²) in [5.74, 6) is -0.534. The van der Waals surface area contributed by atoms with Crippen LogP contribution in [-0.2, 0) is 16.0 Å². The van der Waals surface area contributed by atoms with Crippen molar-refractivity contribution < 1.29 is 34.0 Å². The molecular formula is C23H26O7. The first kappa shape index (κ1) is 22.8. The van der Waals surface area contributed by atoms with Crippen molar-refractivity contribution in [1.82, 2.24) is 0 Å². The van der Waals surface area contributed by atoms with Crippen LogP contribution in [0.25, 0.3) is 6.08 Å². The molecule has 7 nitrogen and oxygen atoms in total. The Morgan fingerprint density at radius 3 is 2.37 bits per heavy atom. The maximum absolute atomic E-state index is 12.4. The highest BCUT2D eigenvalue weighted by atomic mass is 16.6. The van der Waals surface area contributed by atoms with Gasteiger partial charge in [0.2, 0.25) is 0 Å². The number of aryl methyl sites for hydroxylation is 1. The van der Waals surface area contributed by atoms with Gasteiger partial charge in [0.15, 0.2) is 22.9 Å². The summed E-state index contributed by atoms with van der Waals surface area (Å²) in [7, 11) is 2.78. The second-order valence-corrected chi connectivity index (χ2v) is 7.07. The van der Waals surface area contributed by atoms with Crippen molar-refractivity contribution in [2.24, 2.45) is 0 Å². The van der Waals surface area contributed by atoms with E-state index in [1.165, 1.54) is 32.4 Å². The smallest absolute Gasteiger partial charge is 0.349 e. The van der Waals surface area contributed by atoms with Crippen molar-refractivity contribution >= 4 is 17.8 Å². The fourth-order valence-corrected chi connectivity index (χ4v) is 2.84. The molecule has 0 aliphatic heterocycles. The number of hydrogen-bond donors (Lipinski definition) is 2. The molecule has 0 aromatic heterocycles.